The Morgan fingerprint density at radius 1 is 1.18 bits per heavy atom. The van der Waals surface area contributed by atoms with E-state index < -0.39 is 4.92 Å². The van der Waals surface area contributed by atoms with Crippen LogP contribution in [0.25, 0.3) is 0 Å². The highest BCUT2D eigenvalue weighted by molar-refractivity contribution is 7.80. The first-order valence-corrected chi connectivity index (χ1v) is 9.82. The second kappa shape index (κ2) is 9.68. The summed E-state index contributed by atoms with van der Waals surface area (Å²) in [5.41, 5.74) is 0.816. The standard InChI is InChI=1S/C19H21ClN4O3S/c20-15-1-7-18(8-2-15)27-14-13-22-9-11-23(12-10-22)19(28)21-16-3-5-17(6-4-16)24(25)26/h1-8H,9-14H2,(H,21,28)/p+1. The Bertz CT molecular complexity index is 809. The molecule has 1 saturated heterocycles. The minimum absolute atomic E-state index is 0.0644. The largest absolute Gasteiger partial charge is 0.488 e. The first kappa shape index (κ1) is 20.3. The number of hydrogen-bond donors (Lipinski definition) is 2. The fourth-order valence-corrected chi connectivity index (χ4v) is 3.42. The molecule has 3 rings (SSSR count). The van der Waals surface area contributed by atoms with Gasteiger partial charge in [-0.2, -0.15) is 0 Å². The number of rotatable bonds is 6. The number of halogens is 1. The number of hydrogen-bond acceptors (Lipinski definition) is 4. The molecule has 9 heteroatoms. The molecular formula is C19H22ClN4O3S+. The predicted octanol–water partition coefficient (Wildman–Crippen LogP) is 2.22. The molecule has 1 aliphatic heterocycles. The van der Waals surface area contributed by atoms with Crippen LogP contribution in [-0.4, -0.2) is 54.3 Å². The molecule has 0 atom stereocenters. The molecule has 0 unspecified atom stereocenters. The van der Waals surface area contributed by atoms with E-state index in [-0.39, 0.29) is 5.69 Å². The van der Waals surface area contributed by atoms with Crippen molar-refractivity contribution in [1.29, 1.82) is 0 Å². The van der Waals surface area contributed by atoms with Crippen molar-refractivity contribution in [2.45, 2.75) is 0 Å². The topological polar surface area (TPSA) is 72.1 Å². The molecule has 2 aromatic carbocycles. The second-order valence-electron chi connectivity index (χ2n) is 6.52. The molecule has 2 aromatic rings. The number of anilines is 1. The number of quaternary nitrogens is 1. The van der Waals surface area contributed by atoms with Gasteiger partial charge < -0.3 is 19.9 Å². The zero-order valence-electron chi connectivity index (χ0n) is 15.3. The van der Waals surface area contributed by atoms with Gasteiger partial charge in [-0.15, -0.1) is 0 Å². The van der Waals surface area contributed by atoms with Crippen molar-refractivity contribution in [1.82, 2.24) is 4.90 Å². The molecule has 1 fully saturated rings. The predicted molar refractivity (Wildman–Crippen MR) is 113 cm³/mol. The highest BCUT2D eigenvalue weighted by atomic mass is 35.5. The lowest BCUT2D eigenvalue weighted by atomic mass is 10.3. The third kappa shape index (κ3) is 5.79. The molecule has 148 valence electrons. The van der Waals surface area contributed by atoms with E-state index in [2.05, 4.69) is 10.2 Å². The van der Waals surface area contributed by atoms with Gasteiger partial charge in [0.05, 0.1) is 31.1 Å². The van der Waals surface area contributed by atoms with E-state index in [0.717, 1.165) is 44.2 Å². The van der Waals surface area contributed by atoms with Crippen LogP contribution in [0.1, 0.15) is 0 Å². The van der Waals surface area contributed by atoms with Crippen LogP contribution >= 0.6 is 23.8 Å². The number of thiocarbonyl (C=S) groups is 1. The van der Waals surface area contributed by atoms with Gasteiger partial charge in [-0.25, -0.2) is 0 Å². The number of nitro benzene ring substituents is 1. The molecule has 0 amide bonds. The number of nitrogens with zero attached hydrogens (tertiary/aromatic N) is 2. The molecule has 1 aliphatic rings. The van der Waals surface area contributed by atoms with Gasteiger partial charge in [0, 0.05) is 22.8 Å². The monoisotopic (exact) mass is 421 g/mol. The quantitative estimate of drug-likeness (QED) is 0.423. The van der Waals surface area contributed by atoms with Crippen LogP contribution < -0.4 is 15.0 Å². The number of nitrogens with one attached hydrogen (secondary N) is 2. The van der Waals surface area contributed by atoms with Gasteiger partial charge in [-0.3, -0.25) is 10.1 Å². The maximum absolute atomic E-state index is 10.7. The minimum atomic E-state index is -0.416. The number of non-ortho nitro benzene ring substituents is 1. The van der Waals surface area contributed by atoms with E-state index in [0.29, 0.717) is 16.7 Å². The van der Waals surface area contributed by atoms with E-state index in [1.165, 1.54) is 17.0 Å². The van der Waals surface area contributed by atoms with E-state index >= 15 is 0 Å². The van der Waals surface area contributed by atoms with Crippen LogP contribution in [0, 0.1) is 10.1 Å². The number of nitro groups is 1. The lowest BCUT2D eigenvalue weighted by Gasteiger charge is -2.33. The Labute approximate surface area is 174 Å². The van der Waals surface area contributed by atoms with Crippen molar-refractivity contribution >= 4 is 40.3 Å². The molecule has 28 heavy (non-hydrogen) atoms. The molecule has 0 saturated carbocycles. The van der Waals surface area contributed by atoms with Gasteiger partial charge in [0.1, 0.15) is 18.9 Å². The zero-order chi connectivity index (χ0) is 19.9. The summed E-state index contributed by atoms with van der Waals surface area (Å²) in [4.78, 5) is 13.9. The first-order chi connectivity index (χ1) is 13.5. The Hall–Kier alpha value is -2.42. The van der Waals surface area contributed by atoms with E-state index in [9.17, 15) is 10.1 Å². The van der Waals surface area contributed by atoms with Crippen LogP contribution in [0.15, 0.2) is 48.5 Å². The van der Waals surface area contributed by atoms with Crippen molar-refractivity contribution in [3.8, 4) is 5.75 Å². The normalized spacial score (nSPS) is 14.5. The van der Waals surface area contributed by atoms with Crippen molar-refractivity contribution in [2.24, 2.45) is 0 Å². The van der Waals surface area contributed by atoms with E-state index in [1.54, 1.807) is 12.1 Å². The summed E-state index contributed by atoms with van der Waals surface area (Å²) in [5.74, 6) is 0.830. The highest BCUT2D eigenvalue weighted by Gasteiger charge is 2.21. The summed E-state index contributed by atoms with van der Waals surface area (Å²) in [6.07, 6.45) is 0. The molecule has 0 aliphatic carbocycles. The summed E-state index contributed by atoms with van der Waals surface area (Å²) in [5, 5.41) is 15.2. The van der Waals surface area contributed by atoms with Gasteiger partial charge in [0.15, 0.2) is 5.11 Å². The summed E-state index contributed by atoms with van der Waals surface area (Å²) >= 11 is 11.3. The Morgan fingerprint density at radius 3 is 2.43 bits per heavy atom. The van der Waals surface area contributed by atoms with Gasteiger partial charge >= 0.3 is 0 Å². The molecular weight excluding hydrogens is 400 g/mol. The maximum Gasteiger partial charge on any atom is 0.269 e. The Balaban J connectivity index is 1.38. The van der Waals surface area contributed by atoms with Crippen LogP contribution in [-0.2, 0) is 0 Å². The molecule has 0 radical (unpaired) electrons. The summed E-state index contributed by atoms with van der Waals surface area (Å²) in [6.45, 7) is 5.25. The van der Waals surface area contributed by atoms with Crippen LogP contribution in [0.2, 0.25) is 5.02 Å². The van der Waals surface area contributed by atoms with Crippen molar-refractivity contribution in [3.63, 3.8) is 0 Å². The molecule has 0 aromatic heterocycles. The minimum Gasteiger partial charge on any atom is -0.488 e. The van der Waals surface area contributed by atoms with Crippen LogP contribution in [0.4, 0.5) is 11.4 Å². The SMILES string of the molecule is O=[N+]([O-])c1ccc(NC(=S)N2CC[NH+](CCOc3ccc(Cl)cc3)CC2)cc1. The lowest BCUT2D eigenvalue weighted by molar-refractivity contribution is -0.903. The number of piperazine rings is 1. The highest BCUT2D eigenvalue weighted by Crippen LogP contribution is 2.16. The average Bonchev–Trinajstić information content (AvgIpc) is 2.70. The van der Waals surface area contributed by atoms with Gasteiger partial charge in [0.25, 0.3) is 5.69 Å². The maximum atomic E-state index is 10.7. The van der Waals surface area contributed by atoms with Gasteiger partial charge in [0.2, 0.25) is 0 Å². The fourth-order valence-electron chi connectivity index (χ4n) is 2.99. The Kier molecular flexibility index (Phi) is 7.02. The zero-order valence-corrected chi connectivity index (χ0v) is 16.8. The number of benzene rings is 2. The van der Waals surface area contributed by atoms with Gasteiger partial charge in [-0.05, 0) is 48.6 Å². The summed E-state index contributed by atoms with van der Waals surface area (Å²) in [7, 11) is 0. The summed E-state index contributed by atoms with van der Waals surface area (Å²) in [6, 6.07) is 13.7. The van der Waals surface area contributed by atoms with E-state index in [1.807, 2.05) is 24.3 Å². The van der Waals surface area contributed by atoms with Crippen LogP contribution in [0.5, 0.6) is 5.75 Å². The second-order valence-corrected chi connectivity index (χ2v) is 7.35. The van der Waals surface area contributed by atoms with Crippen molar-refractivity contribution in [3.05, 3.63) is 63.7 Å². The summed E-state index contributed by atoms with van der Waals surface area (Å²) < 4.78 is 5.76. The molecule has 2 N–H and O–H groups in total. The van der Waals surface area contributed by atoms with Gasteiger partial charge in [-0.1, -0.05) is 11.6 Å². The molecule has 0 spiro atoms. The Morgan fingerprint density at radius 2 is 1.82 bits per heavy atom. The fraction of sp³-hybridized carbons (Fsp3) is 0.316. The smallest absolute Gasteiger partial charge is 0.269 e. The third-order valence-electron chi connectivity index (χ3n) is 4.63. The number of ether oxygens (including phenoxy) is 1. The molecule has 1 heterocycles. The molecule has 7 nitrogen and oxygen atoms in total. The van der Waals surface area contributed by atoms with Crippen molar-refractivity contribution < 1.29 is 14.6 Å². The van der Waals surface area contributed by atoms with Crippen LogP contribution in [0.3, 0.4) is 0 Å². The van der Waals surface area contributed by atoms with E-state index in [4.69, 9.17) is 28.6 Å². The molecule has 0 bridgehead atoms. The average molecular weight is 422 g/mol. The lowest BCUT2D eigenvalue weighted by Crippen LogP contribution is -3.15. The first-order valence-electron chi connectivity index (χ1n) is 9.03. The third-order valence-corrected chi connectivity index (χ3v) is 5.24. The van der Waals surface area contributed by atoms with Crippen molar-refractivity contribution in [2.75, 3.05) is 44.6 Å².